The lowest BCUT2D eigenvalue weighted by Gasteiger charge is -2.25. The normalized spacial score (nSPS) is 25.9. The maximum Gasteiger partial charge on any atom is 0.0596 e. The predicted octanol–water partition coefficient (Wildman–Crippen LogP) is 3.55. The van der Waals surface area contributed by atoms with Gasteiger partial charge in [0.05, 0.1) is 5.69 Å². The van der Waals surface area contributed by atoms with Crippen molar-refractivity contribution in [2.24, 2.45) is 5.92 Å². The molecule has 1 heterocycles. The molecule has 1 aliphatic rings. The molecule has 2 nitrogen and oxygen atoms in total. The number of hydrogen-bond donors (Lipinski definition) is 0. The van der Waals surface area contributed by atoms with Gasteiger partial charge in [0.25, 0.3) is 0 Å². The zero-order valence-electron chi connectivity index (χ0n) is 10.2. The fraction of sp³-hybridized carbons (Fsp3) is 0.769. The van der Waals surface area contributed by atoms with E-state index in [0.29, 0.717) is 5.38 Å². The van der Waals surface area contributed by atoms with Crippen LogP contribution in [0.1, 0.15) is 44.0 Å². The van der Waals surface area contributed by atoms with Crippen molar-refractivity contribution in [2.75, 3.05) is 0 Å². The fourth-order valence-electron chi connectivity index (χ4n) is 2.74. The number of alkyl halides is 1. The summed E-state index contributed by atoms with van der Waals surface area (Å²) in [5.74, 6) is 0.762. The molecule has 1 fully saturated rings. The molecule has 0 N–H and O–H groups in total. The summed E-state index contributed by atoms with van der Waals surface area (Å²) in [6, 6.07) is 2.22. The molecule has 90 valence electrons. The standard InChI is InChI=1S/C13H21ClN2/c1-3-16-13(7-10(2)15-16)9-11-5-4-6-12(14)8-11/h7,11-12H,3-6,8-9H2,1-2H3. The molecule has 1 aliphatic carbocycles. The number of rotatable bonds is 3. The Labute approximate surface area is 103 Å². The summed E-state index contributed by atoms with van der Waals surface area (Å²) >= 11 is 6.23. The Morgan fingerprint density at radius 3 is 3.00 bits per heavy atom. The molecule has 1 aromatic heterocycles. The van der Waals surface area contributed by atoms with E-state index in [0.717, 1.165) is 24.6 Å². The van der Waals surface area contributed by atoms with Gasteiger partial charge >= 0.3 is 0 Å². The highest BCUT2D eigenvalue weighted by molar-refractivity contribution is 6.20. The minimum atomic E-state index is 0.401. The first-order valence-electron chi connectivity index (χ1n) is 6.36. The summed E-state index contributed by atoms with van der Waals surface area (Å²) in [7, 11) is 0. The van der Waals surface area contributed by atoms with Gasteiger partial charge in [0.2, 0.25) is 0 Å². The van der Waals surface area contributed by atoms with Crippen LogP contribution >= 0.6 is 11.6 Å². The lowest BCUT2D eigenvalue weighted by Crippen LogP contribution is -2.18. The van der Waals surface area contributed by atoms with Gasteiger partial charge < -0.3 is 0 Å². The Bertz CT molecular complexity index is 346. The molecular formula is C13H21ClN2. The average molecular weight is 241 g/mol. The molecular weight excluding hydrogens is 220 g/mol. The minimum absolute atomic E-state index is 0.401. The van der Waals surface area contributed by atoms with Crippen LogP contribution in [0.25, 0.3) is 0 Å². The Morgan fingerprint density at radius 1 is 1.50 bits per heavy atom. The average Bonchev–Trinajstić information content (AvgIpc) is 2.59. The van der Waals surface area contributed by atoms with Crippen LogP contribution in [0.4, 0.5) is 0 Å². The van der Waals surface area contributed by atoms with Gasteiger partial charge in [-0.1, -0.05) is 6.42 Å². The van der Waals surface area contributed by atoms with Gasteiger partial charge in [-0.15, -0.1) is 11.6 Å². The smallest absolute Gasteiger partial charge is 0.0596 e. The molecule has 2 rings (SSSR count). The Balaban J connectivity index is 2.02. The minimum Gasteiger partial charge on any atom is -0.270 e. The number of aryl methyl sites for hydroxylation is 2. The van der Waals surface area contributed by atoms with Crippen molar-refractivity contribution in [2.45, 2.75) is 57.9 Å². The molecule has 3 heteroatoms. The molecule has 0 bridgehead atoms. The number of hydrogen-bond acceptors (Lipinski definition) is 1. The van der Waals surface area contributed by atoms with Gasteiger partial charge in [-0.05, 0) is 51.5 Å². The lowest BCUT2D eigenvalue weighted by atomic mass is 9.86. The van der Waals surface area contributed by atoms with Gasteiger partial charge in [0, 0.05) is 17.6 Å². The number of aromatic nitrogens is 2. The van der Waals surface area contributed by atoms with Gasteiger partial charge in [0.1, 0.15) is 0 Å². The molecule has 0 saturated heterocycles. The number of nitrogens with zero attached hydrogens (tertiary/aromatic N) is 2. The van der Waals surface area contributed by atoms with Crippen LogP contribution < -0.4 is 0 Å². The van der Waals surface area contributed by atoms with E-state index in [2.05, 4.69) is 29.7 Å². The molecule has 0 aliphatic heterocycles. The predicted molar refractivity (Wildman–Crippen MR) is 67.9 cm³/mol. The third kappa shape index (κ3) is 2.79. The van der Waals surface area contributed by atoms with Crippen LogP contribution in [0.15, 0.2) is 6.07 Å². The van der Waals surface area contributed by atoms with Crippen molar-refractivity contribution >= 4 is 11.6 Å². The molecule has 1 saturated carbocycles. The van der Waals surface area contributed by atoms with Gasteiger partial charge in [-0.25, -0.2) is 0 Å². The highest BCUT2D eigenvalue weighted by Crippen LogP contribution is 2.30. The summed E-state index contributed by atoms with van der Waals surface area (Å²) in [5.41, 5.74) is 2.52. The van der Waals surface area contributed by atoms with Crippen molar-refractivity contribution in [1.82, 2.24) is 9.78 Å². The van der Waals surface area contributed by atoms with E-state index < -0.39 is 0 Å². The van der Waals surface area contributed by atoms with E-state index >= 15 is 0 Å². The van der Waals surface area contributed by atoms with Gasteiger partial charge in [-0.3, -0.25) is 4.68 Å². The van der Waals surface area contributed by atoms with E-state index in [1.54, 1.807) is 0 Å². The second-order valence-corrected chi connectivity index (χ2v) is 5.54. The third-order valence-electron chi connectivity index (χ3n) is 3.50. The highest BCUT2D eigenvalue weighted by Gasteiger charge is 2.21. The fourth-order valence-corrected chi connectivity index (χ4v) is 3.15. The van der Waals surface area contributed by atoms with Crippen molar-refractivity contribution in [3.63, 3.8) is 0 Å². The molecule has 16 heavy (non-hydrogen) atoms. The molecule has 0 aromatic carbocycles. The van der Waals surface area contributed by atoms with Crippen LogP contribution in [-0.2, 0) is 13.0 Å². The zero-order chi connectivity index (χ0) is 11.5. The van der Waals surface area contributed by atoms with E-state index in [9.17, 15) is 0 Å². The first kappa shape index (κ1) is 12.0. The summed E-state index contributed by atoms with van der Waals surface area (Å²) in [4.78, 5) is 0. The van der Waals surface area contributed by atoms with E-state index in [-0.39, 0.29) is 0 Å². The van der Waals surface area contributed by atoms with Crippen LogP contribution in [0.5, 0.6) is 0 Å². The summed E-state index contributed by atoms with van der Waals surface area (Å²) < 4.78 is 2.13. The van der Waals surface area contributed by atoms with Crippen LogP contribution in [0, 0.1) is 12.8 Å². The maximum absolute atomic E-state index is 6.23. The monoisotopic (exact) mass is 240 g/mol. The van der Waals surface area contributed by atoms with Crippen molar-refractivity contribution in [3.05, 3.63) is 17.5 Å². The SMILES string of the molecule is CCn1nc(C)cc1CC1CCCC(Cl)C1. The Kier molecular flexibility index (Phi) is 3.91. The third-order valence-corrected chi connectivity index (χ3v) is 3.90. The Morgan fingerprint density at radius 2 is 2.31 bits per heavy atom. The molecule has 2 atom stereocenters. The van der Waals surface area contributed by atoms with Gasteiger partial charge in [-0.2, -0.15) is 5.10 Å². The zero-order valence-corrected chi connectivity index (χ0v) is 11.0. The largest absolute Gasteiger partial charge is 0.270 e. The quantitative estimate of drug-likeness (QED) is 0.739. The topological polar surface area (TPSA) is 17.8 Å². The molecule has 0 spiro atoms. The van der Waals surface area contributed by atoms with Crippen LogP contribution in [-0.4, -0.2) is 15.2 Å². The van der Waals surface area contributed by atoms with Crippen LogP contribution in [0.3, 0.4) is 0 Å². The molecule has 0 radical (unpaired) electrons. The first-order chi connectivity index (χ1) is 7.69. The summed E-state index contributed by atoms with van der Waals surface area (Å²) in [6.45, 7) is 5.20. The van der Waals surface area contributed by atoms with Crippen molar-refractivity contribution < 1.29 is 0 Å². The van der Waals surface area contributed by atoms with Gasteiger partial charge in [0.15, 0.2) is 0 Å². The second-order valence-electron chi connectivity index (χ2n) is 4.93. The molecule has 0 amide bonds. The summed E-state index contributed by atoms with van der Waals surface area (Å²) in [5, 5.41) is 4.90. The first-order valence-corrected chi connectivity index (χ1v) is 6.80. The maximum atomic E-state index is 6.23. The van der Waals surface area contributed by atoms with E-state index in [4.69, 9.17) is 11.6 Å². The van der Waals surface area contributed by atoms with Crippen molar-refractivity contribution in [3.8, 4) is 0 Å². The highest BCUT2D eigenvalue weighted by atomic mass is 35.5. The number of halogens is 1. The van der Waals surface area contributed by atoms with Crippen LogP contribution in [0.2, 0.25) is 0 Å². The van der Waals surface area contributed by atoms with E-state index in [1.165, 1.54) is 31.4 Å². The van der Waals surface area contributed by atoms with E-state index in [1.807, 2.05) is 0 Å². The second kappa shape index (κ2) is 5.22. The molecule has 1 aromatic rings. The molecule has 2 unspecified atom stereocenters. The summed E-state index contributed by atoms with van der Waals surface area (Å²) in [6.07, 6.45) is 6.15. The van der Waals surface area contributed by atoms with Crippen molar-refractivity contribution in [1.29, 1.82) is 0 Å². The Hall–Kier alpha value is -0.500. The lowest BCUT2D eigenvalue weighted by molar-refractivity contribution is 0.353.